The molecule has 2 heterocycles. The van der Waals surface area contributed by atoms with Crippen molar-refractivity contribution >= 4 is 5.91 Å². The summed E-state index contributed by atoms with van der Waals surface area (Å²) in [5, 5.41) is 8.85. The summed E-state index contributed by atoms with van der Waals surface area (Å²) in [6, 6.07) is 4.56. The van der Waals surface area contributed by atoms with E-state index in [1.807, 2.05) is 12.1 Å². The van der Waals surface area contributed by atoms with Crippen molar-refractivity contribution in [3.8, 4) is 0 Å². The maximum Gasteiger partial charge on any atom is 0.274 e. The third-order valence-electron chi connectivity index (χ3n) is 6.44. The number of nitrogens with zero attached hydrogens (tertiary/aromatic N) is 2. The largest absolute Gasteiger partial charge is 0.306 e. The third-order valence-corrected chi connectivity index (χ3v) is 6.44. The zero-order chi connectivity index (χ0) is 16.9. The van der Waals surface area contributed by atoms with Crippen LogP contribution >= 0.6 is 0 Å². The van der Waals surface area contributed by atoms with Crippen LogP contribution < -0.4 is 5.48 Å². The monoisotopic (exact) mass is 329 g/mol. The molecule has 2 aliphatic heterocycles. The molecule has 4 rings (SSSR count). The van der Waals surface area contributed by atoms with Gasteiger partial charge in [0.2, 0.25) is 0 Å². The molecule has 0 unspecified atom stereocenters. The summed E-state index contributed by atoms with van der Waals surface area (Å²) in [5.41, 5.74) is 6.68. The van der Waals surface area contributed by atoms with Crippen LogP contribution in [0.1, 0.15) is 46.3 Å². The van der Waals surface area contributed by atoms with Crippen molar-refractivity contribution in [1.82, 2.24) is 15.3 Å². The highest BCUT2D eigenvalue weighted by molar-refractivity contribution is 5.93. The van der Waals surface area contributed by atoms with Gasteiger partial charge < -0.3 is 4.90 Å². The number of nitrogens with one attached hydrogen (secondary N) is 1. The van der Waals surface area contributed by atoms with Crippen molar-refractivity contribution in [3.63, 3.8) is 0 Å². The topological polar surface area (TPSA) is 55.8 Å². The molecule has 2 fully saturated rings. The minimum absolute atomic E-state index is 0.422. The first-order chi connectivity index (χ1) is 11.5. The van der Waals surface area contributed by atoms with Gasteiger partial charge >= 0.3 is 0 Å². The summed E-state index contributed by atoms with van der Waals surface area (Å²) < 4.78 is 0. The van der Waals surface area contributed by atoms with Crippen LogP contribution in [0.25, 0.3) is 0 Å². The van der Waals surface area contributed by atoms with Crippen LogP contribution in [0.3, 0.4) is 0 Å². The number of hydroxylamine groups is 1. The molecule has 1 aliphatic carbocycles. The highest BCUT2D eigenvalue weighted by Crippen LogP contribution is 2.50. The van der Waals surface area contributed by atoms with E-state index in [4.69, 9.17) is 5.21 Å². The van der Waals surface area contributed by atoms with Crippen LogP contribution in [0.15, 0.2) is 12.1 Å². The zero-order valence-corrected chi connectivity index (χ0v) is 14.6. The number of fused-ring (bicyclic) bond motifs is 1. The van der Waals surface area contributed by atoms with Gasteiger partial charge in [-0.05, 0) is 80.4 Å². The van der Waals surface area contributed by atoms with E-state index in [1.54, 1.807) is 5.48 Å². The summed E-state index contributed by atoms with van der Waals surface area (Å²) in [6.45, 7) is 6.67. The average molecular weight is 329 g/mol. The van der Waals surface area contributed by atoms with Gasteiger partial charge in [0, 0.05) is 31.2 Å². The highest BCUT2D eigenvalue weighted by Gasteiger charge is 2.49. The SMILES string of the molecule is Cc1cc(C(=O)NO)cc2c1CN(C1CC3(CCN(C)C3)C1)CC2. The maximum absolute atomic E-state index is 11.7. The van der Waals surface area contributed by atoms with Gasteiger partial charge in [0.25, 0.3) is 5.91 Å². The molecule has 0 radical (unpaired) electrons. The number of benzene rings is 1. The zero-order valence-electron chi connectivity index (χ0n) is 14.6. The van der Waals surface area contributed by atoms with E-state index in [1.165, 1.54) is 43.5 Å². The molecule has 1 spiro atoms. The first-order valence-electron chi connectivity index (χ1n) is 8.99. The highest BCUT2D eigenvalue weighted by atomic mass is 16.5. The minimum Gasteiger partial charge on any atom is -0.306 e. The van der Waals surface area contributed by atoms with Gasteiger partial charge in [-0.3, -0.25) is 14.9 Å². The number of carbonyl (C=O) groups excluding carboxylic acids is 1. The molecule has 1 saturated heterocycles. The molecule has 0 bridgehead atoms. The van der Waals surface area contributed by atoms with Gasteiger partial charge in [-0.2, -0.15) is 0 Å². The second-order valence-corrected chi connectivity index (χ2v) is 8.14. The second kappa shape index (κ2) is 5.83. The Morgan fingerprint density at radius 2 is 2.12 bits per heavy atom. The number of amides is 1. The van der Waals surface area contributed by atoms with E-state index >= 15 is 0 Å². The second-order valence-electron chi connectivity index (χ2n) is 8.14. The van der Waals surface area contributed by atoms with Gasteiger partial charge in [-0.1, -0.05) is 0 Å². The lowest BCUT2D eigenvalue weighted by Crippen LogP contribution is -2.53. The van der Waals surface area contributed by atoms with Gasteiger partial charge in [0.15, 0.2) is 0 Å². The fourth-order valence-corrected chi connectivity index (χ4v) is 5.08. The predicted octanol–water partition coefficient (Wildman–Crippen LogP) is 1.96. The Morgan fingerprint density at radius 1 is 1.33 bits per heavy atom. The number of hydrogen-bond donors (Lipinski definition) is 2. The molecule has 1 amide bonds. The molecular formula is C19H27N3O2. The molecule has 1 aromatic carbocycles. The van der Waals surface area contributed by atoms with Crippen LogP contribution in [0.5, 0.6) is 0 Å². The molecule has 0 atom stereocenters. The van der Waals surface area contributed by atoms with Crippen LogP contribution in [-0.4, -0.2) is 53.6 Å². The Hall–Kier alpha value is -1.43. The van der Waals surface area contributed by atoms with E-state index in [9.17, 15) is 4.79 Å². The van der Waals surface area contributed by atoms with Crippen LogP contribution in [-0.2, 0) is 13.0 Å². The Labute approximate surface area is 143 Å². The van der Waals surface area contributed by atoms with Crippen molar-refractivity contribution < 1.29 is 10.0 Å². The number of carbonyl (C=O) groups is 1. The molecule has 0 aromatic heterocycles. The van der Waals surface area contributed by atoms with Crippen molar-refractivity contribution in [2.75, 3.05) is 26.7 Å². The average Bonchev–Trinajstić information content (AvgIpc) is 2.94. The molecular weight excluding hydrogens is 302 g/mol. The number of likely N-dealkylation sites (tertiary alicyclic amines) is 1. The van der Waals surface area contributed by atoms with Gasteiger partial charge in [0.1, 0.15) is 0 Å². The number of aryl methyl sites for hydroxylation is 1. The Morgan fingerprint density at radius 3 is 2.79 bits per heavy atom. The van der Waals surface area contributed by atoms with E-state index in [0.29, 0.717) is 11.0 Å². The fraction of sp³-hybridized carbons (Fsp3) is 0.632. The summed E-state index contributed by atoms with van der Waals surface area (Å²) >= 11 is 0. The molecule has 5 nitrogen and oxygen atoms in total. The van der Waals surface area contributed by atoms with Crippen LogP contribution in [0, 0.1) is 12.3 Å². The van der Waals surface area contributed by atoms with Crippen molar-refractivity contribution in [3.05, 3.63) is 34.4 Å². The van der Waals surface area contributed by atoms with Gasteiger partial charge in [0.05, 0.1) is 0 Å². The Balaban J connectivity index is 1.46. The van der Waals surface area contributed by atoms with E-state index < -0.39 is 5.91 Å². The lowest BCUT2D eigenvalue weighted by atomic mass is 9.64. The number of hydrogen-bond acceptors (Lipinski definition) is 4. The van der Waals surface area contributed by atoms with Crippen LogP contribution in [0.4, 0.5) is 0 Å². The molecule has 1 saturated carbocycles. The summed E-state index contributed by atoms with van der Waals surface area (Å²) in [6.07, 6.45) is 5.04. The molecule has 5 heteroatoms. The molecule has 130 valence electrons. The molecule has 2 N–H and O–H groups in total. The molecule has 1 aromatic rings. The Bertz CT molecular complexity index is 667. The lowest BCUT2D eigenvalue weighted by molar-refractivity contribution is 0.00102. The van der Waals surface area contributed by atoms with Crippen molar-refractivity contribution in [2.45, 2.75) is 45.2 Å². The van der Waals surface area contributed by atoms with Gasteiger partial charge in [-0.15, -0.1) is 0 Å². The number of rotatable bonds is 2. The van der Waals surface area contributed by atoms with Crippen molar-refractivity contribution in [1.29, 1.82) is 0 Å². The molecule has 24 heavy (non-hydrogen) atoms. The fourth-order valence-electron chi connectivity index (χ4n) is 5.08. The normalized spacial score (nSPS) is 30.2. The van der Waals surface area contributed by atoms with Crippen LogP contribution in [0.2, 0.25) is 0 Å². The minimum atomic E-state index is -0.422. The predicted molar refractivity (Wildman–Crippen MR) is 92.1 cm³/mol. The summed E-state index contributed by atoms with van der Waals surface area (Å²) in [7, 11) is 2.24. The van der Waals surface area contributed by atoms with E-state index in [-0.39, 0.29) is 0 Å². The summed E-state index contributed by atoms with van der Waals surface area (Å²) in [5.74, 6) is -0.422. The van der Waals surface area contributed by atoms with Gasteiger partial charge in [-0.25, -0.2) is 5.48 Å². The standard InChI is InChI=1S/C19H27N3O2/c1-13-7-15(18(23)20-24)8-14-3-5-22(11-17(13)14)16-9-19(10-16)4-6-21(2)12-19/h7-8,16,24H,3-6,9-12H2,1-2H3,(H,20,23). The first-order valence-corrected chi connectivity index (χ1v) is 8.99. The summed E-state index contributed by atoms with van der Waals surface area (Å²) in [4.78, 5) is 16.8. The molecule has 3 aliphatic rings. The quantitative estimate of drug-likeness (QED) is 0.643. The third kappa shape index (κ3) is 2.65. The Kier molecular flexibility index (Phi) is 3.90. The van der Waals surface area contributed by atoms with E-state index in [0.717, 1.165) is 31.1 Å². The lowest BCUT2D eigenvalue weighted by Gasteiger charge is -2.51. The van der Waals surface area contributed by atoms with E-state index in [2.05, 4.69) is 23.8 Å². The smallest absolute Gasteiger partial charge is 0.274 e. The first kappa shape index (κ1) is 16.1. The van der Waals surface area contributed by atoms with Crippen molar-refractivity contribution in [2.24, 2.45) is 5.41 Å². The maximum atomic E-state index is 11.7.